The molecule has 0 saturated heterocycles. The van der Waals surface area contributed by atoms with Crippen LogP contribution in [-0.4, -0.2) is 22.3 Å². The lowest BCUT2D eigenvalue weighted by Crippen LogP contribution is -2.34. The van der Waals surface area contributed by atoms with Crippen molar-refractivity contribution in [1.29, 1.82) is 0 Å². The Bertz CT molecular complexity index is 1360. The minimum atomic E-state index is -0.722. The van der Waals surface area contributed by atoms with Crippen molar-refractivity contribution in [3.63, 3.8) is 0 Å². The fourth-order valence-electron chi connectivity index (χ4n) is 5.75. The molecule has 0 heterocycles. The van der Waals surface area contributed by atoms with Crippen molar-refractivity contribution in [2.45, 2.75) is 69.5 Å². The molecule has 0 bridgehead atoms. The van der Waals surface area contributed by atoms with Gasteiger partial charge in [-0.05, 0) is 95.1 Å². The molecule has 3 aliphatic carbocycles. The molecule has 3 aliphatic rings. The van der Waals surface area contributed by atoms with Gasteiger partial charge in [-0.25, -0.2) is 0 Å². The van der Waals surface area contributed by atoms with Crippen LogP contribution in [0.2, 0.25) is 0 Å². The third kappa shape index (κ3) is 8.74. The summed E-state index contributed by atoms with van der Waals surface area (Å²) in [6.45, 7) is 0. The highest BCUT2D eigenvalue weighted by Crippen LogP contribution is 2.32. The monoisotopic (exact) mass is 607 g/mol. The molecule has 3 aromatic carbocycles. The largest absolute Gasteiger partial charge is 0.349 e. The van der Waals surface area contributed by atoms with Gasteiger partial charge in [-0.3, -0.25) is 19.2 Å². The van der Waals surface area contributed by atoms with E-state index in [2.05, 4.69) is 59.2 Å². The third-order valence-electron chi connectivity index (χ3n) is 7.71. The summed E-state index contributed by atoms with van der Waals surface area (Å²) >= 11 is 9.46. The Morgan fingerprint density at radius 2 is 0.976 bits per heavy atom. The van der Waals surface area contributed by atoms with Gasteiger partial charge in [0.2, 0.25) is 22.3 Å². The number of fused-ring (bicyclic) bond motifs is 3. The van der Waals surface area contributed by atoms with Crippen molar-refractivity contribution in [3.8, 4) is 0 Å². The Morgan fingerprint density at radius 3 is 1.38 bits per heavy atom. The Morgan fingerprint density at radius 1 is 0.595 bits per heavy atom. The first-order valence-corrected chi connectivity index (χ1v) is 14.9. The van der Waals surface area contributed by atoms with Crippen LogP contribution in [0.15, 0.2) is 72.8 Å². The number of carbonyl (C=O) groups excluding carboxylic acids is 4. The average Bonchev–Trinajstić information content (AvgIpc) is 3.66. The van der Waals surface area contributed by atoms with Crippen LogP contribution < -0.4 is 16.4 Å². The molecule has 0 aromatic heterocycles. The second-order valence-electron chi connectivity index (χ2n) is 10.6. The van der Waals surface area contributed by atoms with Gasteiger partial charge in [0, 0.05) is 6.04 Å². The normalized spacial score (nSPS) is 19.1. The summed E-state index contributed by atoms with van der Waals surface area (Å²) in [4.78, 5) is 44.0. The van der Waals surface area contributed by atoms with E-state index in [9.17, 15) is 19.2 Å². The van der Waals surface area contributed by atoms with Crippen molar-refractivity contribution < 1.29 is 19.2 Å². The summed E-state index contributed by atoms with van der Waals surface area (Å²) in [6.07, 6.45) is 5.56. The van der Waals surface area contributed by atoms with Gasteiger partial charge in [0.15, 0.2) is 0 Å². The highest BCUT2D eigenvalue weighted by Gasteiger charge is 2.26. The van der Waals surface area contributed by atoms with E-state index in [0.717, 1.165) is 38.5 Å². The van der Waals surface area contributed by atoms with E-state index >= 15 is 0 Å². The van der Waals surface area contributed by atoms with E-state index in [1.54, 1.807) is 0 Å². The molecule has 42 heavy (non-hydrogen) atoms. The smallest absolute Gasteiger partial charge is 0.230 e. The van der Waals surface area contributed by atoms with Crippen LogP contribution in [0.25, 0.3) is 0 Å². The minimum absolute atomic E-state index is 0.0312. The lowest BCUT2D eigenvalue weighted by atomic mass is 10.1. The highest BCUT2D eigenvalue weighted by atomic mass is 35.5. The zero-order valence-electron chi connectivity index (χ0n) is 23.3. The van der Waals surface area contributed by atoms with E-state index < -0.39 is 10.5 Å². The van der Waals surface area contributed by atoms with E-state index in [1.165, 1.54) is 33.4 Å². The van der Waals surface area contributed by atoms with E-state index in [0.29, 0.717) is 6.04 Å². The van der Waals surface area contributed by atoms with E-state index in [4.69, 9.17) is 28.9 Å². The molecular weight excluding hydrogens is 573 g/mol. The number of hydrogen-bond donors (Lipinski definition) is 3. The molecule has 0 fully saturated rings. The first kappa shape index (κ1) is 31.4. The van der Waals surface area contributed by atoms with Gasteiger partial charge in [-0.15, -0.1) is 0 Å². The predicted octanol–water partition coefficient (Wildman–Crippen LogP) is 5.52. The molecule has 9 heteroatoms. The van der Waals surface area contributed by atoms with Crippen LogP contribution in [-0.2, 0) is 38.4 Å². The van der Waals surface area contributed by atoms with Crippen molar-refractivity contribution >= 4 is 45.5 Å². The van der Waals surface area contributed by atoms with Crippen molar-refractivity contribution in [1.82, 2.24) is 10.6 Å². The highest BCUT2D eigenvalue weighted by molar-refractivity contribution is 6.72. The van der Waals surface area contributed by atoms with Crippen LogP contribution in [0, 0.1) is 0 Å². The standard InChI is InChI=1S/C21H22N2O2.C9H11N.C3H2Cl2O2/c24-20(22-18-11-9-14-5-1-3-7-16(14)18)13-21(25)23-19-12-10-15-6-2-4-8-17(15)19;10-9-6-5-7-3-1-2-4-8(7)9;4-2(6)1-3(5)7/h1-8,18-19H,9-13H2,(H,22,24)(H,23,25);1-4,9H,5-6,10H2;1H2. The number of carbonyl (C=O) groups is 4. The molecule has 3 atom stereocenters. The fourth-order valence-corrected chi connectivity index (χ4v) is 6.06. The molecule has 0 saturated carbocycles. The molecule has 220 valence electrons. The number of halogens is 2. The summed E-state index contributed by atoms with van der Waals surface area (Å²) in [7, 11) is 0. The summed E-state index contributed by atoms with van der Waals surface area (Å²) in [5.74, 6) is -0.407. The summed E-state index contributed by atoms with van der Waals surface area (Å²) in [5.41, 5.74) is 13.6. The molecule has 0 spiro atoms. The predicted molar refractivity (Wildman–Crippen MR) is 164 cm³/mol. The van der Waals surface area contributed by atoms with Gasteiger partial charge in [-0.1, -0.05) is 72.8 Å². The third-order valence-corrected chi connectivity index (χ3v) is 7.98. The van der Waals surface area contributed by atoms with Gasteiger partial charge in [0.1, 0.15) is 6.42 Å². The molecule has 3 unspecified atom stereocenters. The van der Waals surface area contributed by atoms with Crippen LogP contribution in [0.3, 0.4) is 0 Å². The van der Waals surface area contributed by atoms with Crippen molar-refractivity contribution in [2.24, 2.45) is 5.73 Å². The van der Waals surface area contributed by atoms with Gasteiger partial charge >= 0.3 is 0 Å². The number of amides is 2. The quantitative estimate of drug-likeness (QED) is 0.252. The maximum absolute atomic E-state index is 12.3. The maximum Gasteiger partial charge on any atom is 0.230 e. The fraction of sp³-hybridized carbons (Fsp3) is 0.333. The van der Waals surface area contributed by atoms with Gasteiger partial charge in [-0.2, -0.15) is 0 Å². The number of nitrogens with two attached hydrogens (primary N) is 1. The van der Waals surface area contributed by atoms with Crippen molar-refractivity contribution in [2.75, 3.05) is 0 Å². The number of nitrogens with one attached hydrogen (secondary N) is 2. The lowest BCUT2D eigenvalue weighted by Gasteiger charge is -2.16. The zero-order chi connectivity index (χ0) is 30.1. The molecular formula is C33H35Cl2N3O4. The number of benzene rings is 3. The number of rotatable bonds is 6. The topological polar surface area (TPSA) is 118 Å². The van der Waals surface area contributed by atoms with Crippen LogP contribution >= 0.6 is 23.2 Å². The molecule has 4 N–H and O–H groups in total. The summed E-state index contributed by atoms with van der Waals surface area (Å²) in [5, 5.41) is 4.58. The van der Waals surface area contributed by atoms with Crippen LogP contribution in [0.1, 0.15) is 83.6 Å². The molecule has 3 aromatic rings. The Hall–Kier alpha value is -3.52. The van der Waals surface area contributed by atoms with Gasteiger partial charge < -0.3 is 16.4 Å². The lowest BCUT2D eigenvalue weighted by molar-refractivity contribution is -0.130. The molecule has 2 amide bonds. The van der Waals surface area contributed by atoms with Gasteiger partial charge in [0.25, 0.3) is 0 Å². The molecule has 7 nitrogen and oxygen atoms in total. The number of hydrogen-bond acceptors (Lipinski definition) is 5. The van der Waals surface area contributed by atoms with E-state index in [1.807, 2.05) is 24.3 Å². The van der Waals surface area contributed by atoms with Crippen LogP contribution in [0.4, 0.5) is 0 Å². The Balaban J connectivity index is 0.000000195. The van der Waals surface area contributed by atoms with E-state index in [-0.39, 0.29) is 36.7 Å². The van der Waals surface area contributed by atoms with Crippen LogP contribution in [0.5, 0.6) is 0 Å². The zero-order valence-corrected chi connectivity index (χ0v) is 24.8. The minimum Gasteiger partial charge on any atom is -0.349 e. The summed E-state index contributed by atoms with van der Waals surface area (Å²) < 4.78 is 0. The maximum atomic E-state index is 12.3. The van der Waals surface area contributed by atoms with Crippen molar-refractivity contribution in [3.05, 3.63) is 106 Å². The second-order valence-corrected chi connectivity index (χ2v) is 11.5. The average molecular weight is 609 g/mol. The SMILES string of the molecule is NC1CCc2ccccc21.O=C(CC(=O)NC1CCc2ccccc21)NC1CCc2ccccc21.O=C(Cl)CC(=O)Cl. The Kier molecular flexibility index (Phi) is 11.3. The summed E-state index contributed by atoms with van der Waals surface area (Å²) in [6, 6.07) is 25.2. The second kappa shape index (κ2) is 15.1. The Labute approximate surface area is 256 Å². The molecule has 0 aliphatic heterocycles. The number of aryl methyl sites for hydroxylation is 3. The molecule has 6 rings (SSSR count). The van der Waals surface area contributed by atoms with Gasteiger partial charge in [0.05, 0.1) is 18.5 Å². The first-order chi connectivity index (χ1) is 20.2. The molecule has 0 radical (unpaired) electrons. The first-order valence-electron chi connectivity index (χ1n) is 14.2.